The predicted octanol–water partition coefficient (Wildman–Crippen LogP) is 8.80. The van der Waals surface area contributed by atoms with E-state index in [1.165, 1.54) is 44.1 Å². The van der Waals surface area contributed by atoms with Gasteiger partial charge in [-0.2, -0.15) is 11.8 Å². The lowest BCUT2D eigenvalue weighted by Gasteiger charge is -2.22. The molecular weight excluding hydrogens is 436 g/mol. The van der Waals surface area contributed by atoms with Crippen LogP contribution in [0.1, 0.15) is 91.9 Å². The Balaban J connectivity index is 1.66. The summed E-state index contributed by atoms with van der Waals surface area (Å²) in [6.07, 6.45) is 25.1. The van der Waals surface area contributed by atoms with E-state index in [4.69, 9.17) is 4.74 Å². The highest BCUT2D eigenvalue weighted by atomic mass is 32.2. The van der Waals surface area contributed by atoms with Crippen molar-refractivity contribution >= 4 is 11.8 Å². The number of ether oxygens (including phenoxy) is 1. The van der Waals surface area contributed by atoms with E-state index in [0.717, 1.165) is 48.9 Å². The molecule has 4 unspecified atom stereocenters. The van der Waals surface area contributed by atoms with Gasteiger partial charge in [-0.25, -0.2) is 0 Å². The monoisotopic (exact) mass is 486 g/mol. The minimum Gasteiger partial charge on any atom is -0.494 e. The summed E-state index contributed by atoms with van der Waals surface area (Å²) >= 11 is 1.88. The summed E-state index contributed by atoms with van der Waals surface area (Å²) in [6.45, 7) is 12.8. The number of aliphatic hydroxyl groups is 1. The van der Waals surface area contributed by atoms with Crippen LogP contribution >= 0.6 is 11.8 Å². The zero-order chi connectivity index (χ0) is 24.8. The predicted molar refractivity (Wildman–Crippen MR) is 151 cm³/mol. The summed E-state index contributed by atoms with van der Waals surface area (Å²) in [5.41, 5.74) is 3.00. The van der Waals surface area contributed by atoms with Crippen molar-refractivity contribution in [2.24, 2.45) is 17.8 Å². The Morgan fingerprint density at radius 1 is 1.29 bits per heavy atom. The van der Waals surface area contributed by atoms with E-state index in [2.05, 4.69) is 64.7 Å². The third kappa shape index (κ3) is 10.6. The molecule has 2 nitrogen and oxygen atoms in total. The third-order valence-corrected chi connectivity index (χ3v) is 8.57. The lowest BCUT2D eigenvalue weighted by atomic mass is 9.86. The number of aliphatic hydroxyl groups excluding tert-OH is 1. The molecule has 2 rings (SSSR count). The van der Waals surface area contributed by atoms with E-state index >= 15 is 0 Å². The maximum atomic E-state index is 10.7. The van der Waals surface area contributed by atoms with Crippen molar-refractivity contribution in [3.05, 3.63) is 59.9 Å². The van der Waals surface area contributed by atoms with Crippen molar-refractivity contribution in [2.75, 3.05) is 11.5 Å². The third-order valence-electron chi connectivity index (χ3n) is 7.37. The van der Waals surface area contributed by atoms with Crippen LogP contribution in [0.5, 0.6) is 0 Å². The lowest BCUT2D eigenvalue weighted by Crippen LogP contribution is -2.22. The van der Waals surface area contributed by atoms with E-state index in [-0.39, 0.29) is 12.2 Å². The molecule has 5 atom stereocenters. The smallest absolute Gasteiger partial charge is 0.103 e. The summed E-state index contributed by atoms with van der Waals surface area (Å²) in [6, 6.07) is 0. The number of thioether (sulfide) groups is 1. The van der Waals surface area contributed by atoms with Crippen molar-refractivity contribution < 1.29 is 9.84 Å². The molecule has 0 saturated heterocycles. The van der Waals surface area contributed by atoms with Gasteiger partial charge >= 0.3 is 0 Å². The molecule has 3 heteroatoms. The first-order valence-corrected chi connectivity index (χ1v) is 14.9. The second kappa shape index (κ2) is 16.5. The fraction of sp³-hybridized carbons (Fsp3) is 0.677. The zero-order valence-electron chi connectivity index (χ0n) is 22.3. The van der Waals surface area contributed by atoms with Crippen molar-refractivity contribution in [1.82, 2.24) is 0 Å². The van der Waals surface area contributed by atoms with E-state index in [9.17, 15) is 5.11 Å². The Bertz CT molecular complexity index is 717. The van der Waals surface area contributed by atoms with Crippen molar-refractivity contribution in [2.45, 2.75) is 104 Å². The lowest BCUT2D eigenvalue weighted by molar-refractivity contribution is 0.129. The molecule has 2 aliphatic rings. The molecule has 192 valence electrons. The Labute approximate surface area is 214 Å². The first-order valence-electron chi connectivity index (χ1n) is 13.7. The van der Waals surface area contributed by atoms with Gasteiger partial charge in [0.05, 0.1) is 11.9 Å². The molecule has 1 aliphatic heterocycles. The largest absolute Gasteiger partial charge is 0.494 e. The Morgan fingerprint density at radius 2 is 2.12 bits per heavy atom. The standard InChI is InChI=1S/C31H50O2S/c1-6-13-27(14-7-2)17-12-20-30-21-29(26(5)33-30)22-34-23-31(32)25(4)16-11-15-24(3)28-18-9-8-10-19-28/h6,12-13,17-18,21,24-26,29,31-32H,1,7-11,14-16,19-20,22-23H2,2-5H3/b17-12-,27-13-/t24?,25?,26?,29-,31?/m0/s1. The molecule has 34 heavy (non-hydrogen) atoms. The fourth-order valence-electron chi connectivity index (χ4n) is 4.95. The zero-order valence-corrected chi connectivity index (χ0v) is 23.1. The van der Waals surface area contributed by atoms with E-state index in [0.29, 0.717) is 11.8 Å². The van der Waals surface area contributed by atoms with Crippen LogP contribution in [0.4, 0.5) is 0 Å². The SMILES string of the molecule is C=C/C=C(\C=C/CC1=C[C@@H](CSCC(O)C(C)CCCC(C)C2=CCCCC2)C(C)O1)CCC. The topological polar surface area (TPSA) is 29.5 Å². The van der Waals surface area contributed by atoms with Crippen LogP contribution in [-0.4, -0.2) is 28.8 Å². The second-order valence-corrected chi connectivity index (χ2v) is 11.5. The molecule has 0 spiro atoms. The van der Waals surface area contributed by atoms with Crippen LogP contribution in [0, 0.1) is 17.8 Å². The fourth-order valence-corrected chi connectivity index (χ4v) is 6.30. The van der Waals surface area contributed by atoms with Gasteiger partial charge in [0.1, 0.15) is 6.10 Å². The maximum absolute atomic E-state index is 10.7. The maximum Gasteiger partial charge on any atom is 0.103 e. The Morgan fingerprint density at radius 3 is 2.82 bits per heavy atom. The summed E-state index contributed by atoms with van der Waals surface area (Å²) in [5, 5.41) is 10.7. The van der Waals surface area contributed by atoms with Crippen LogP contribution in [0.15, 0.2) is 59.9 Å². The average molecular weight is 487 g/mol. The molecule has 0 saturated carbocycles. The second-order valence-electron chi connectivity index (χ2n) is 10.4. The summed E-state index contributed by atoms with van der Waals surface area (Å²) in [5.74, 6) is 4.44. The molecule has 0 aromatic heterocycles. The highest BCUT2D eigenvalue weighted by Gasteiger charge is 2.25. The molecule has 0 amide bonds. The summed E-state index contributed by atoms with van der Waals surface area (Å²) < 4.78 is 6.10. The van der Waals surface area contributed by atoms with Gasteiger partial charge in [-0.15, -0.1) is 0 Å². The van der Waals surface area contributed by atoms with Crippen molar-refractivity contribution in [1.29, 1.82) is 0 Å². The molecular formula is C31H50O2S. The number of rotatable bonds is 16. The Hall–Kier alpha value is -1.19. The van der Waals surface area contributed by atoms with Gasteiger partial charge in [0, 0.05) is 23.8 Å². The molecule has 0 aromatic rings. The molecule has 1 heterocycles. The van der Waals surface area contributed by atoms with E-state index in [1.54, 1.807) is 5.57 Å². The normalized spacial score (nSPS) is 23.9. The van der Waals surface area contributed by atoms with Gasteiger partial charge in [-0.05, 0) is 75.4 Å². The van der Waals surface area contributed by atoms with Crippen molar-refractivity contribution in [3.63, 3.8) is 0 Å². The molecule has 1 N–H and O–H groups in total. The minimum absolute atomic E-state index is 0.216. The van der Waals surface area contributed by atoms with Crippen LogP contribution < -0.4 is 0 Å². The Kier molecular flexibility index (Phi) is 14.1. The van der Waals surface area contributed by atoms with Gasteiger partial charge in [0.15, 0.2) is 0 Å². The van der Waals surface area contributed by atoms with Gasteiger partial charge in [-0.3, -0.25) is 0 Å². The minimum atomic E-state index is -0.216. The molecule has 0 aromatic carbocycles. The number of hydrogen-bond acceptors (Lipinski definition) is 3. The number of hydrogen-bond donors (Lipinski definition) is 1. The van der Waals surface area contributed by atoms with Crippen LogP contribution in [0.25, 0.3) is 0 Å². The molecule has 0 radical (unpaired) electrons. The van der Waals surface area contributed by atoms with E-state index in [1.807, 2.05) is 17.8 Å². The van der Waals surface area contributed by atoms with Crippen LogP contribution in [-0.2, 0) is 4.74 Å². The summed E-state index contributed by atoms with van der Waals surface area (Å²) in [4.78, 5) is 0. The molecule has 0 fully saturated rings. The summed E-state index contributed by atoms with van der Waals surface area (Å²) in [7, 11) is 0. The van der Waals surface area contributed by atoms with Gasteiger partial charge in [0.25, 0.3) is 0 Å². The van der Waals surface area contributed by atoms with E-state index < -0.39 is 0 Å². The number of allylic oxidation sites excluding steroid dienone is 7. The average Bonchev–Trinajstić information content (AvgIpc) is 3.18. The quantitative estimate of drug-likeness (QED) is 0.175. The molecule has 1 aliphatic carbocycles. The first-order chi connectivity index (χ1) is 16.4. The van der Waals surface area contributed by atoms with Crippen LogP contribution in [0.3, 0.4) is 0 Å². The first kappa shape index (κ1) is 29.0. The van der Waals surface area contributed by atoms with Gasteiger partial charge in [-0.1, -0.05) is 76.1 Å². The van der Waals surface area contributed by atoms with Gasteiger partial charge in [0.2, 0.25) is 0 Å². The highest BCUT2D eigenvalue weighted by Crippen LogP contribution is 2.30. The van der Waals surface area contributed by atoms with Gasteiger partial charge < -0.3 is 9.84 Å². The molecule has 0 bridgehead atoms. The van der Waals surface area contributed by atoms with Crippen molar-refractivity contribution in [3.8, 4) is 0 Å². The van der Waals surface area contributed by atoms with Crippen LogP contribution in [0.2, 0.25) is 0 Å². The highest BCUT2D eigenvalue weighted by molar-refractivity contribution is 7.99.